The summed E-state index contributed by atoms with van der Waals surface area (Å²) in [6, 6.07) is 2.75. The first-order valence-electron chi connectivity index (χ1n) is 7.83. The van der Waals surface area contributed by atoms with Crippen molar-refractivity contribution in [1.29, 1.82) is 0 Å². The molecule has 10 heteroatoms. The van der Waals surface area contributed by atoms with E-state index < -0.39 is 11.8 Å². The molecule has 1 aliphatic heterocycles. The molecule has 0 bridgehead atoms. The predicted molar refractivity (Wildman–Crippen MR) is 94.6 cm³/mol. The quantitative estimate of drug-likeness (QED) is 0.624. The molecule has 4 rings (SSSR count). The number of hydrogen-bond donors (Lipinski definition) is 2. The number of carbonyl (C=O) groups excluding carboxylic acids is 1. The van der Waals surface area contributed by atoms with Gasteiger partial charge < -0.3 is 10.2 Å². The van der Waals surface area contributed by atoms with Crippen LogP contribution in [0.5, 0.6) is 0 Å². The normalized spacial score (nSPS) is 13.4. The van der Waals surface area contributed by atoms with Gasteiger partial charge in [0.15, 0.2) is 11.6 Å². The van der Waals surface area contributed by atoms with E-state index in [1.165, 1.54) is 12.3 Å². The van der Waals surface area contributed by atoms with Gasteiger partial charge in [-0.1, -0.05) is 0 Å². The van der Waals surface area contributed by atoms with Gasteiger partial charge in [-0.05, 0) is 28.1 Å². The molecule has 2 amide bonds. The van der Waals surface area contributed by atoms with Crippen LogP contribution in [0.25, 0.3) is 11.5 Å². The number of nitrogens with one attached hydrogen (secondary N) is 2. The molecule has 3 aromatic heterocycles. The number of fused-ring (bicyclic) bond motifs is 1. The molecule has 3 aromatic rings. The second-order valence-corrected chi connectivity index (χ2v) is 6.41. The Morgan fingerprint density at radius 1 is 1.27 bits per heavy atom. The van der Waals surface area contributed by atoms with Gasteiger partial charge >= 0.3 is 6.03 Å². The van der Waals surface area contributed by atoms with Crippen LogP contribution in [0, 0.1) is 5.82 Å². The summed E-state index contributed by atoms with van der Waals surface area (Å²) in [6.07, 6.45) is 5.30. The van der Waals surface area contributed by atoms with Crippen molar-refractivity contribution >= 4 is 27.6 Å². The van der Waals surface area contributed by atoms with Crippen LogP contribution < -0.4 is 5.32 Å². The Hall–Kier alpha value is -2.88. The lowest BCUT2D eigenvalue weighted by Crippen LogP contribution is -2.39. The maximum Gasteiger partial charge on any atom is 0.322 e. The van der Waals surface area contributed by atoms with Gasteiger partial charge in [-0.25, -0.2) is 24.1 Å². The molecule has 4 heterocycles. The zero-order chi connectivity index (χ0) is 18.1. The largest absolute Gasteiger partial charge is 0.322 e. The highest BCUT2D eigenvalue weighted by atomic mass is 79.9. The summed E-state index contributed by atoms with van der Waals surface area (Å²) in [4.78, 5) is 26.4. The SMILES string of the molecule is O=C(Nc1ccnc(Br)c1F)N1CCc2n[nH]c(-c3ncccn3)c2C1. The zero-order valence-electron chi connectivity index (χ0n) is 13.4. The van der Waals surface area contributed by atoms with Crippen molar-refractivity contribution in [3.63, 3.8) is 0 Å². The summed E-state index contributed by atoms with van der Waals surface area (Å²) < 4.78 is 14.1. The number of carbonyl (C=O) groups is 1. The highest BCUT2D eigenvalue weighted by Gasteiger charge is 2.27. The molecule has 0 radical (unpaired) electrons. The molecule has 1 aliphatic rings. The molecule has 0 spiro atoms. The van der Waals surface area contributed by atoms with E-state index in [1.54, 1.807) is 23.4 Å². The van der Waals surface area contributed by atoms with Gasteiger partial charge in [0.05, 0.1) is 17.9 Å². The number of aromatic amines is 1. The minimum atomic E-state index is -0.611. The Bertz CT molecular complexity index is 962. The molecule has 0 saturated carbocycles. The molecule has 26 heavy (non-hydrogen) atoms. The van der Waals surface area contributed by atoms with Crippen molar-refractivity contribution in [2.24, 2.45) is 0 Å². The third kappa shape index (κ3) is 3.03. The lowest BCUT2D eigenvalue weighted by molar-refractivity contribution is 0.206. The van der Waals surface area contributed by atoms with Crippen LogP contribution in [0.1, 0.15) is 11.3 Å². The van der Waals surface area contributed by atoms with Crippen LogP contribution in [0.2, 0.25) is 0 Å². The molecule has 0 unspecified atom stereocenters. The Labute approximate surface area is 156 Å². The fraction of sp³-hybridized carbons (Fsp3) is 0.188. The van der Waals surface area contributed by atoms with E-state index in [4.69, 9.17) is 0 Å². The first kappa shape index (κ1) is 16.6. The summed E-state index contributed by atoms with van der Waals surface area (Å²) in [5.74, 6) is -0.0900. The molecule has 2 N–H and O–H groups in total. The first-order chi connectivity index (χ1) is 12.6. The van der Waals surface area contributed by atoms with Gasteiger partial charge in [0.1, 0.15) is 10.3 Å². The molecular weight excluding hydrogens is 405 g/mol. The summed E-state index contributed by atoms with van der Waals surface area (Å²) >= 11 is 3.01. The average Bonchev–Trinajstić information content (AvgIpc) is 3.09. The van der Waals surface area contributed by atoms with Crippen LogP contribution in [0.4, 0.5) is 14.9 Å². The average molecular weight is 418 g/mol. The summed E-state index contributed by atoms with van der Waals surface area (Å²) in [5, 5.41) is 9.83. The fourth-order valence-corrected chi connectivity index (χ4v) is 3.12. The Morgan fingerprint density at radius 3 is 2.88 bits per heavy atom. The van der Waals surface area contributed by atoms with Gasteiger partial charge in [-0.3, -0.25) is 5.10 Å². The van der Waals surface area contributed by atoms with Crippen LogP contribution >= 0.6 is 15.9 Å². The number of pyridine rings is 1. The molecular formula is C16H13BrFN7O. The Morgan fingerprint density at radius 2 is 2.08 bits per heavy atom. The molecule has 0 aliphatic carbocycles. The van der Waals surface area contributed by atoms with Crippen molar-refractivity contribution in [3.05, 3.63) is 52.4 Å². The van der Waals surface area contributed by atoms with E-state index in [1.807, 2.05) is 0 Å². The highest BCUT2D eigenvalue weighted by molar-refractivity contribution is 9.10. The fourth-order valence-electron chi connectivity index (χ4n) is 2.79. The van der Waals surface area contributed by atoms with Crippen LogP contribution in [-0.4, -0.2) is 42.6 Å². The van der Waals surface area contributed by atoms with E-state index in [2.05, 4.69) is 46.4 Å². The van der Waals surface area contributed by atoms with E-state index in [9.17, 15) is 9.18 Å². The molecule has 132 valence electrons. The van der Waals surface area contributed by atoms with Gasteiger partial charge in [-0.15, -0.1) is 0 Å². The Kier molecular flexibility index (Phi) is 4.33. The number of urea groups is 1. The van der Waals surface area contributed by atoms with Crippen molar-refractivity contribution in [3.8, 4) is 11.5 Å². The molecule has 0 aromatic carbocycles. The van der Waals surface area contributed by atoms with Gasteiger partial charge in [-0.2, -0.15) is 5.10 Å². The van der Waals surface area contributed by atoms with E-state index >= 15 is 0 Å². The second kappa shape index (κ2) is 6.79. The van der Waals surface area contributed by atoms with Crippen molar-refractivity contribution < 1.29 is 9.18 Å². The molecule has 0 atom stereocenters. The number of halogens is 2. The summed E-state index contributed by atoms with van der Waals surface area (Å²) in [6.45, 7) is 0.811. The maximum absolute atomic E-state index is 14.0. The number of amides is 2. The smallest absolute Gasteiger partial charge is 0.320 e. The van der Waals surface area contributed by atoms with Crippen LogP contribution in [-0.2, 0) is 13.0 Å². The monoisotopic (exact) mass is 417 g/mol. The third-order valence-electron chi connectivity index (χ3n) is 4.09. The lowest BCUT2D eigenvalue weighted by atomic mass is 10.1. The van der Waals surface area contributed by atoms with Gasteiger partial charge in [0.25, 0.3) is 0 Å². The van der Waals surface area contributed by atoms with Gasteiger partial charge in [0.2, 0.25) is 0 Å². The highest BCUT2D eigenvalue weighted by Crippen LogP contribution is 2.27. The summed E-state index contributed by atoms with van der Waals surface area (Å²) in [5.41, 5.74) is 2.51. The van der Waals surface area contributed by atoms with E-state index in [0.717, 1.165) is 11.3 Å². The molecule has 0 saturated heterocycles. The van der Waals surface area contributed by atoms with Gasteiger partial charge in [0, 0.05) is 37.1 Å². The minimum absolute atomic E-state index is 0.0505. The second-order valence-electron chi connectivity index (χ2n) is 5.66. The number of rotatable bonds is 2. The van der Waals surface area contributed by atoms with Crippen LogP contribution in [0.3, 0.4) is 0 Å². The van der Waals surface area contributed by atoms with Crippen molar-refractivity contribution in [2.75, 3.05) is 11.9 Å². The number of H-pyrrole nitrogens is 1. The summed E-state index contributed by atoms with van der Waals surface area (Å²) in [7, 11) is 0. The standard InChI is InChI=1S/C16H13BrFN7O/c17-14-12(18)11(2-6-19-14)22-16(26)25-7-3-10-9(8-25)13(24-23-10)15-20-4-1-5-21-15/h1-2,4-6H,3,7-8H2,(H,23,24)(H,19,22,26). The Balaban J connectivity index is 1.56. The van der Waals surface area contributed by atoms with Crippen molar-refractivity contribution in [1.82, 2.24) is 30.0 Å². The molecule has 0 fully saturated rings. The first-order valence-corrected chi connectivity index (χ1v) is 8.62. The third-order valence-corrected chi connectivity index (χ3v) is 4.64. The number of hydrogen-bond acceptors (Lipinski definition) is 5. The predicted octanol–water partition coefficient (Wildman–Crippen LogP) is 2.75. The number of nitrogens with zero attached hydrogens (tertiary/aromatic N) is 5. The van der Waals surface area contributed by atoms with E-state index in [-0.39, 0.29) is 10.3 Å². The van der Waals surface area contributed by atoms with Crippen molar-refractivity contribution in [2.45, 2.75) is 13.0 Å². The minimum Gasteiger partial charge on any atom is -0.320 e. The number of anilines is 1. The molecule has 8 nitrogen and oxygen atoms in total. The van der Waals surface area contributed by atoms with Crippen LogP contribution in [0.15, 0.2) is 35.3 Å². The van der Waals surface area contributed by atoms with E-state index in [0.29, 0.717) is 31.0 Å². The maximum atomic E-state index is 14.0. The number of aromatic nitrogens is 5. The topological polar surface area (TPSA) is 99.7 Å². The zero-order valence-corrected chi connectivity index (χ0v) is 15.0. The lowest BCUT2D eigenvalue weighted by Gasteiger charge is -2.27.